The van der Waals surface area contributed by atoms with Crippen molar-refractivity contribution in [2.45, 2.75) is 13.8 Å². The molecule has 0 bridgehead atoms. The molecular weight excluding hydrogens is 424 g/mol. The number of rotatable bonds is 6. The number of carbonyl (C=O) groups excluding carboxylic acids is 1. The molecule has 0 saturated carbocycles. The fourth-order valence-electron chi connectivity index (χ4n) is 3.68. The van der Waals surface area contributed by atoms with Gasteiger partial charge in [0.05, 0.1) is 18.5 Å². The van der Waals surface area contributed by atoms with Crippen LogP contribution in [0.5, 0.6) is 5.75 Å². The van der Waals surface area contributed by atoms with Gasteiger partial charge in [0, 0.05) is 23.0 Å². The van der Waals surface area contributed by atoms with E-state index in [0.29, 0.717) is 16.9 Å². The summed E-state index contributed by atoms with van der Waals surface area (Å²) in [5, 5.41) is 17.4. The van der Waals surface area contributed by atoms with E-state index >= 15 is 0 Å². The molecule has 0 radical (unpaired) electrons. The normalized spacial score (nSPS) is 11.1. The van der Waals surface area contributed by atoms with E-state index in [2.05, 4.69) is 5.32 Å². The molecule has 1 heterocycles. The highest BCUT2D eigenvalue weighted by Gasteiger charge is 2.16. The number of ether oxygens (including phenoxy) is 1. The number of nitriles is 1. The number of amides is 1. The number of hydrogen-bond donors (Lipinski definition) is 1. The summed E-state index contributed by atoms with van der Waals surface area (Å²) >= 11 is 0. The zero-order valence-corrected chi connectivity index (χ0v) is 19.2. The van der Waals surface area contributed by atoms with E-state index in [9.17, 15) is 10.1 Å². The third-order valence-electron chi connectivity index (χ3n) is 5.51. The Balaban J connectivity index is 1.77. The summed E-state index contributed by atoms with van der Waals surface area (Å²) in [7, 11) is 1.61. The molecule has 6 heteroatoms. The van der Waals surface area contributed by atoms with Gasteiger partial charge in [0.15, 0.2) is 0 Å². The van der Waals surface area contributed by atoms with Crippen LogP contribution in [-0.2, 0) is 4.79 Å². The zero-order valence-electron chi connectivity index (χ0n) is 19.2. The van der Waals surface area contributed by atoms with Crippen molar-refractivity contribution in [1.82, 2.24) is 9.78 Å². The molecule has 168 valence electrons. The minimum Gasteiger partial charge on any atom is -0.497 e. The van der Waals surface area contributed by atoms with Crippen molar-refractivity contribution in [3.05, 3.63) is 101 Å². The largest absolute Gasteiger partial charge is 0.497 e. The van der Waals surface area contributed by atoms with Crippen molar-refractivity contribution < 1.29 is 9.53 Å². The average molecular weight is 449 g/mol. The molecule has 0 aliphatic heterocycles. The fraction of sp³-hybridized carbons (Fsp3) is 0.107. The lowest BCUT2D eigenvalue weighted by Crippen LogP contribution is -2.15. The molecule has 0 spiro atoms. The Bertz CT molecular complexity index is 1370. The van der Waals surface area contributed by atoms with Crippen LogP contribution in [-0.4, -0.2) is 22.8 Å². The summed E-state index contributed by atoms with van der Waals surface area (Å²) in [4.78, 5) is 13.0. The molecule has 0 atom stereocenters. The zero-order chi connectivity index (χ0) is 24.1. The van der Waals surface area contributed by atoms with Gasteiger partial charge >= 0.3 is 0 Å². The van der Waals surface area contributed by atoms with E-state index in [-0.39, 0.29) is 5.57 Å². The van der Waals surface area contributed by atoms with Gasteiger partial charge in [0.1, 0.15) is 17.4 Å². The SMILES string of the molecule is COc1ccc(-c2nn(-c3ccccc3)cc2C=C(C#N)C(=O)Nc2c(C)cccc2C)cc1. The number of methoxy groups -OCH3 is 1. The Kier molecular flexibility index (Phi) is 6.56. The number of nitrogens with one attached hydrogen (secondary N) is 1. The van der Waals surface area contributed by atoms with Gasteiger partial charge in [-0.1, -0.05) is 36.4 Å². The molecule has 1 amide bonds. The number of para-hydroxylation sites is 2. The van der Waals surface area contributed by atoms with Gasteiger partial charge in [-0.25, -0.2) is 4.68 Å². The first kappa shape index (κ1) is 22.6. The lowest BCUT2D eigenvalue weighted by molar-refractivity contribution is -0.112. The molecule has 0 unspecified atom stereocenters. The number of carbonyl (C=O) groups is 1. The van der Waals surface area contributed by atoms with Crippen molar-refractivity contribution in [2.24, 2.45) is 0 Å². The fourth-order valence-corrected chi connectivity index (χ4v) is 3.68. The van der Waals surface area contributed by atoms with Gasteiger partial charge < -0.3 is 10.1 Å². The second kappa shape index (κ2) is 9.88. The average Bonchev–Trinajstić information content (AvgIpc) is 3.29. The molecule has 34 heavy (non-hydrogen) atoms. The molecule has 0 saturated heterocycles. The monoisotopic (exact) mass is 448 g/mol. The summed E-state index contributed by atoms with van der Waals surface area (Å²) < 4.78 is 7.01. The molecule has 4 rings (SSSR count). The van der Waals surface area contributed by atoms with E-state index in [1.165, 1.54) is 0 Å². The Hall–Kier alpha value is -4.63. The number of anilines is 1. The predicted molar refractivity (Wildman–Crippen MR) is 134 cm³/mol. The summed E-state index contributed by atoms with van der Waals surface area (Å²) in [6.45, 7) is 3.84. The maximum atomic E-state index is 13.0. The molecular formula is C28H24N4O2. The van der Waals surface area contributed by atoms with Crippen molar-refractivity contribution in [3.8, 4) is 28.8 Å². The van der Waals surface area contributed by atoms with Gasteiger partial charge in [0.25, 0.3) is 5.91 Å². The van der Waals surface area contributed by atoms with Gasteiger partial charge in [-0.3, -0.25) is 4.79 Å². The van der Waals surface area contributed by atoms with E-state index in [1.807, 2.05) is 98.9 Å². The van der Waals surface area contributed by atoms with Crippen molar-refractivity contribution in [1.29, 1.82) is 5.26 Å². The molecule has 4 aromatic rings. The van der Waals surface area contributed by atoms with Crippen LogP contribution >= 0.6 is 0 Å². The summed E-state index contributed by atoms with van der Waals surface area (Å²) in [6.07, 6.45) is 3.40. The van der Waals surface area contributed by atoms with Crippen LogP contribution in [0.15, 0.2) is 84.6 Å². The van der Waals surface area contributed by atoms with Gasteiger partial charge in [0.2, 0.25) is 0 Å². The molecule has 3 aromatic carbocycles. The molecule has 0 aliphatic rings. The number of aryl methyl sites for hydroxylation is 2. The lowest BCUT2D eigenvalue weighted by atomic mass is 10.0. The van der Waals surface area contributed by atoms with Crippen LogP contribution in [0.25, 0.3) is 23.0 Å². The van der Waals surface area contributed by atoms with Gasteiger partial charge in [-0.15, -0.1) is 0 Å². The van der Waals surface area contributed by atoms with Crippen LogP contribution in [0, 0.1) is 25.2 Å². The van der Waals surface area contributed by atoms with Crippen molar-refractivity contribution in [2.75, 3.05) is 12.4 Å². The second-order valence-corrected chi connectivity index (χ2v) is 7.83. The standard InChI is InChI=1S/C28H24N4O2/c1-19-8-7-9-20(2)26(19)30-28(33)22(17-29)16-23-18-32(24-10-5-4-6-11-24)31-27(23)21-12-14-25(34-3)15-13-21/h4-16,18H,1-3H3,(H,30,33). The van der Waals surface area contributed by atoms with Crippen LogP contribution in [0.4, 0.5) is 5.69 Å². The highest BCUT2D eigenvalue weighted by molar-refractivity contribution is 6.10. The van der Waals surface area contributed by atoms with Crippen molar-refractivity contribution in [3.63, 3.8) is 0 Å². The molecule has 0 aliphatic carbocycles. The second-order valence-electron chi connectivity index (χ2n) is 7.83. The van der Waals surface area contributed by atoms with E-state index in [0.717, 1.165) is 28.1 Å². The summed E-state index contributed by atoms with van der Waals surface area (Å²) in [5.74, 6) is 0.266. The third kappa shape index (κ3) is 4.74. The maximum Gasteiger partial charge on any atom is 0.266 e. The minimum atomic E-state index is -0.465. The molecule has 6 nitrogen and oxygen atoms in total. The lowest BCUT2D eigenvalue weighted by Gasteiger charge is -2.10. The van der Waals surface area contributed by atoms with E-state index in [4.69, 9.17) is 9.84 Å². The first-order chi connectivity index (χ1) is 16.5. The van der Waals surface area contributed by atoms with Gasteiger partial charge in [-0.05, 0) is 67.4 Å². The first-order valence-corrected chi connectivity index (χ1v) is 10.8. The molecule has 0 fully saturated rings. The highest BCUT2D eigenvalue weighted by Crippen LogP contribution is 2.28. The summed E-state index contributed by atoms with van der Waals surface area (Å²) in [6, 6.07) is 25.0. The predicted octanol–water partition coefficient (Wildman–Crippen LogP) is 5.71. The first-order valence-electron chi connectivity index (χ1n) is 10.8. The number of aromatic nitrogens is 2. The number of benzene rings is 3. The van der Waals surface area contributed by atoms with Crippen LogP contribution in [0.2, 0.25) is 0 Å². The van der Waals surface area contributed by atoms with Crippen LogP contribution < -0.4 is 10.1 Å². The smallest absolute Gasteiger partial charge is 0.266 e. The summed E-state index contributed by atoms with van der Waals surface area (Å²) in [5.41, 5.74) is 5.59. The van der Waals surface area contributed by atoms with E-state index < -0.39 is 5.91 Å². The Morgan fingerprint density at radius 1 is 1.00 bits per heavy atom. The van der Waals surface area contributed by atoms with E-state index in [1.54, 1.807) is 17.9 Å². The number of hydrogen-bond acceptors (Lipinski definition) is 4. The Labute approximate surface area is 198 Å². The third-order valence-corrected chi connectivity index (χ3v) is 5.51. The Morgan fingerprint density at radius 2 is 1.68 bits per heavy atom. The topological polar surface area (TPSA) is 79.9 Å². The number of nitrogens with zero attached hydrogens (tertiary/aromatic N) is 3. The minimum absolute atomic E-state index is 0.00923. The van der Waals surface area contributed by atoms with Crippen molar-refractivity contribution >= 4 is 17.7 Å². The Morgan fingerprint density at radius 3 is 2.29 bits per heavy atom. The van der Waals surface area contributed by atoms with Crippen LogP contribution in [0.1, 0.15) is 16.7 Å². The highest BCUT2D eigenvalue weighted by atomic mass is 16.5. The molecule has 1 aromatic heterocycles. The molecule has 1 N–H and O–H groups in total. The quantitative estimate of drug-likeness (QED) is 0.303. The maximum absolute atomic E-state index is 13.0. The van der Waals surface area contributed by atoms with Gasteiger partial charge in [-0.2, -0.15) is 10.4 Å². The van der Waals surface area contributed by atoms with Crippen LogP contribution in [0.3, 0.4) is 0 Å².